The molecule has 9 heteroatoms. The lowest BCUT2D eigenvalue weighted by molar-refractivity contribution is 0.102. The number of ether oxygens (including phenoxy) is 1. The van der Waals surface area contributed by atoms with E-state index in [0.717, 1.165) is 28.5 Å². The summed E-state index contributed by atoms with van der Waals surface area (Å²) in [6.07, 6.45) is 3.01. The summed E-state index contributed by atoms with van der Waals surface area (Å²) in [7, 11) is 1.63. The molecule has 0 fully saturated rings. The second kappa shape index (κ2) is 9.73. The largest absolute Gasteiger partial charge is 0.497 e. The van der Waals surface area contributed by atoms with Crippen molar-refractivity contribution < 1.29 is 9.53 Å². The van der Waals surface area contributed by atoms with Gasteiger partial charge >= 0.3 is 0 Å². The summed E-state index contributed by atoms with van der Waals surface area (Å²) in [5.41, 5.74) is 4.13. The van der Waals surface area contributed by atoms with Gasteiger partial charge in [-0.25, -0.2) is 9.97 Å². The van der Waals surface area contributed by atoms with Crippen molar-refractivity contribution in [2.75, 3.05) is 23.1 Å². The summed E-state index contributed by atoms with van der Waals surface area (Å²) in [4.78, 5) is 29.5. The van der Waals surface area contributed by atoms with E-state index in [4.69, 9.17) is 4.74 Å². The highest BCUT2D eigenvalue weighted by Crippen LogP contribution is 2.22. The standard InChI is InChI=1S/C24H23N7O2/c1-15-12-22(28-17-8-10-20(33-3)11-9-17)31-24(27-15)30-19-6-4-18(5-7-19)29-23(32)21-14-25-16(2)13-26-21/h4-14H,1-3H3,(H,29,32)(H2,27,28,30,31). The first-order valence-electron chi connectivity index (χ1n) is 10.2. The van der Waals surface area contributed by atoms with Gasteiger partial charge in [0.1, 0.15) is 17.3 Å². The Hall–Kier alpha value is -4.53. The van der Waals surface area contributed by atoms with E-state index in [1.54, 1.807) is 25.4 Å². The molecule has 4 aromatic rings. The van der Waals surface area contributed by atoms with E-state index in [1.165, 1.54) is 6.20 Å². The molecule has 0 radical (unpaired) electrons. The third kappa shape index (κ3) is 5.79. The Kier molecular flexibility index (Phi) is 6.40. The highest BCUT2D eigenvalue weighted by Gasteiger charge is 2.09. The van der Waals surface area contributed by atoms with Crippen LogP contribution in [-0.2, 0) is 0 Å². The molecule has 2 aromatic carbocycles. The van der Waals surface area contributed by atoms with Gasteiger partial charge in [-0.1, -0.05) is 0 Å². The number of rotatable bonds is 7. The molecule has 1 amide bonds. The fraction of sp³-hybridized carbons (Fsp3) is 0.125. The van der Waals surface area contributed by atoms with Gasteiger partial charge in [0.25, 0.3) is 5.91 Å². The normalized spacial score (nSPS) is 10.4. The van der Waals surface area contributed by atoms with Gasteiger partial charge in [-0.15, -0.1) is 0 Å². The number of aryl methyl sites for hydroxylation is 2. The number of hydrogen-bond donors (Lipinski definition) is 3. The minimum Gasteiger partial charge on any atom is -0.497 e. The summed E-state index contributed by atoms with van der Waals surface area (Å²) in [5, 5.41) is 9.26. The Balaban J connectivity index is 1.42. The van der Waals surface area contributed by atoms with Crippen LogP contribution in [0.4, 0.5) is 28.8 Å². The monoisotopic (exact) mass is 441 g/mol. The summed E-state index contributed by atoms with van der Waals surface area (Å²) in [6, 6.07) is 16.7. The Morgan fingerprint density at radius 2 is 1.45 bits per heavy atom. The van der Waals surface area contributed by atoms with Gasteiger partial charge in [0.05, 0.1) is 19.0 Å². The maximum Gasteiger partial charge on any atom is 0.275 e. The minimum atomic E-state index is -0.320. The summed E-state index contributed by atoms with van der Waals surface area (Å²) in [5.74, 6) is 1.59. The van der Waals surface area contributed by atoms with Gasteiger partial charge in [0.15, 0.2) is 0 Å². The van der Waals surface area contributed by atoms with Crippen LogP contribution in [0.1, 0.15) is 21.9 Å². The molecule has 166 valence electrons. The third-order valence-electron chi connectivity index (χ3n) is 4.63. The predicted octanol–water partition coefficient (Wildman–Crippen LogP) is 4.63. The van der Waals surface area contributed by atoms with Crippen LogP contribution in [-0.4, -0.2) is 33.0 Å². The Bertz CT molecular complexity index is 1240. The molecule has 0 aliphatic rings. The Morgan fingerprint density at radius 1 is 0.788 bits per heavy atom. The van der Waals surface area contributed by atoms with Crippen molar-refractivity contribution in [1.29, 1.82) is 0 Å². The van der Waals surface area contributed by atoms with Crippen molar-refractivity contribution in [3.05, 3.63) is 84.1 Å². The second-order valence-corrected chi connectivity index (χ2v) is 7.27. The van der Waals surface area contributed by atoms with Gasteiger partial charge < -0.3 is 20.7 Å². The molecule has 3 N–H and O–H groups in total. The third-order valence-corrected chi connectivity index (χ3v) is 4.63. The number of nitrogens with one attached hydrogen (secondary N) is 3. The SMILES string of the molecule is COc1ccc(Nc2cc(C)nc(Nc3ccc(NC(=O)c4cnc(C)cn4)cc3)n2)cc1. The van der Waals surface area contributed by atoms with Crippen molar-refractivity contribution in [2.45, 2.75) is 13.8 Å². The molecule has 0 aliphatic heterocycles. The maximum absolute atomic E-state index is 12.3. The van der Waals surface area contributed by atoms with Gasteiger partial charge in [-0.3, -0.25) is 9.78 Å². The number of anilines is 5. The van der Waals surface area contributed by atoms with Crippen LogP contribution in [0.5, 0.6) is 5.75 Å². The van der Waals surface area contributed by atoms with E-state index in [-0.39, 0.29) is 11.6 Å². The van der Waals surface area contributed by atoms with Crippen LogP contribution in [0.25, 0.3) is 0 Å². The zero-order valence-electron chi connectivity index (χ0n) is 18.5. The summed E-state index contributed by atoms with van der Waals surface area (Å²) >= 11 is 0. The van der Waals surface area contributed by atoms with Gasteiger partial charge in [0, 0.05) is 35.0 Å². The Labute approximate surface area is 191 Å². The zero-order valence-corrected chi connectivity index (χ0v) is 18.5. The van der Waals surface area contributed by atoms with Crippen molar-refractivity contribution in [2.24, 2.45) is 0 Å². The number of aromatic nitrogens is 4. The van der Waals surface area contributed by atoms with Crippen LogP contribution in [0.2, 0.25) is 0 Å². The van der Waals surface area contributed by atoms with E-state index < -0.39 is 0 Å². The molecule has 9 nitrogen and oxygen atoms in total. The molecular weight excluding hydrogens is 418 g/mol. The number of methoxy groups -OCH3 is 1. The lowest BCUT2D eigenvalue weighted by atomic mass is 10.2. The van der Waals surface area contributed by atoms with Crippen molar-refractivity contribution in [3.63, 3.8) is 0 Å². The molecule has 2 aromatic heterocycles. The molecule has 0 spiro atoms. The number of amides is 1. The lowest BCUT2D eigenvalue weighted by Crippen LogP contribution is -2.14. The summed E-state index contributed by atoms with van der Waals surface area (Å²) in [6.45, 7) is 3.72. The maximum atomic E-state index is 12.3. The molecule has 2 heterocycles. The van der Waals surface area contributed by atoms with Crippen molar-refractivity contribution in [1.82, 2.24) is 19.9 Å². The van der Waals surface area contributed by atoms with E-state index in [2.05, 4.69) is 35.9 Å². The van der Waals surface area contributed by atoms with Crippen LogP contribution < -0.4 is 20.7 Å². The lowest BCUT2D eigenvalue weighted by Gasteiger charge is -2.11. The fourth-order valence-corrected chi connectivity index (χ4v) is 2.98. The van der Waals surface area contributed by atoms with Crippen molar-refractivity contribution in [3.8, 4) is 5.75 Å². The second-order valence-electron chi connectivity index (χ2n) is 7.27. The van der Waals surface area contributed by atoms with E-state index in [9.17, 15) is 4.79 Å². The molecule has 0 bridgehead atoms. The Morgan fingerprint density at radius 3 is 2.12 bits per heavy atom. The first-order chi connectivity index (χ1) is 16.0. The number of carbonyl (C=O) groups is 1. The number of nitrogens with zero attached hydrogens (tertiary/aromatic N) is 4. The quantitative estimate of drug-likeness (QED) is 0.380. The molecule has 33 heavy (non-hydrogen) atoms. The molecule has 0 aliphatic carbocycles. The van der Waals surface area contributed by atoms with Crippen LogP contribution in [0.3, 0.4) is 0 Å². The van der Waals surface area contributed by atoms with E-state index in [0.29, 0.717) is 17.5 Å². The average molecular weight is 441 g/mol. The fourth-order valence-electron chi connectivity index (χ4n) is 2.98. The van der Waals surface area contributed by atoms with Crippen molar-refractivity contribution >= 4 is 34.7 Å². The van der Waals surface area contributed by atoms with Crippen LogP contribution >= 0.6 is 0 Å². The van der Waals surface area contributed by atoms with Gasteiger partial charge in [0.2, 0.25) is 5.95 Å². The van der Waals surface area contributed by atoms with E-state index >= 15 is 0 Å². The van der Waals surface area contributed by atoms with Gasteiger partial charge in [-0.2, -0.15) is 4.98 Å². The summed E-state index contributed by atoms with van der Waals surface area (Å²) < 4.78 is 5.19. The number of benzene rings is 2. The smallest absolute Gasteiger partial charge is 0.275 e. The molecule has 0 atom stereocenters. The molecule has 0 unspecified atom stereocenters. The molecule has 0 saturated carbocycles. The first-order valence-corrected chi connectivity index (χ1v) is 10.2. The number of carbonyl (C=O) groups excluding carboxylic acids is 1. The topological polar surface area (TPSA) is 114 Å². The first kappa shape index (κ1) is 21.7. The molecule has 0 saturated heterocycles. The molecular formula is C24H23N7O2. The highest BCUT2D eigenvalue weighted by molar-refractivity contribution is 6.02. The van der Waals surface area contributed by atoms with Crippen LogP contribution in [0.15, 0.2) is 67.0 Å². The molecule has 4 rings (SSSR count). The minimum absolute atomic E-state index is 0.257. The van der Waals surface area contributed by atoms with Gasteiger partial charge in [-0.05, 0) is 62.4 Å². The predicted molar refractivity (Wildman–Crippen MR) is 127 cm³/mol. The van der Waals surface area contributed by atoms with E-state index in [1.807, 2.05) is 56.3 Å². The average Bonchev–Trinajstić information content (AvgIpc) is 2.81. The highest BCUT2D eigenvalue weighted by atomic mass is 16.5. The number of hydrogen-bond acceptors (Lipinski definition) is 8. The zero-order chi connectivity index (χ0) is 23.2. The van der Waals surface area contributed by atoms with Crippen LogP contribution in [0, 0.1) is 13.8 Å².